The fourth-order valence-corrected chi connectivity index (χ4v) is 2.27. The predicted molar refractivity (Wildman–Crippen MR) is 81.9 cm³/mol. The van der Waals surface area contributed by atoms with Gasteiger partial charge >= 0.3 is 12.1 Å². The molecule has 0 aliphatic rings. The maximum absolute atomic E-state index is 12.4. The molecule has 0 aliphatic heterocycles. The number of nitro benzene ring substituents is 1. The lowest BCUT2D eigenvalue weighted by atomic mass is 10.1. The van der Waals surface area contributed by atoms with Crippen molar-refractivity contribution in [3.05, 3.63) is 39.6 Å². The molecule has 0 saturated carbocycles. The molecule has 0 aliphatic carbocycles. The molecule has 0 fully saturated rings. The Morgan fingerprint density at radius 3 is 2.35 bits per heavy atom. The largest absolute Gasteiger partial charge is 0.477 e. The molecular formula is C15H16N2O6. The minimum absolute atomic E-state index is 0.0905. The van der Waals surface area contributed by atoms with Crippen LogP contribution in [0, 0.1) is 17.0 Å². The summed E-state index contributed by atoms with van der Waals surface area (Å²) in [6, 6.07) is 4.09. The van der Waals surface area contributed by atoms with E-state index in [0.29, 0.717) is 10.9 Å². The highest BCUT2D eigenvalue weighted by Gasteiger charge is 2.29. The molecule has 2 rings (SSSR count). The van der Waals surface area contributed by atoms with Gasteiger partial charge in [-0.25, -0.2) is 14.2 Å². The zero-order chi connectivity index (χ0) is 17.5. The highest BCUT2D eigenvalue weighted by molar-refractivity contribution is 6.04. The molecule has 0 atom stereocenters. The molecule has 0 spiro atoms. The molecule has 0 unspecified atom stereocenters. The van der Waals surface area contributed by atoms with Crippen LogP contribution in [0.4, 0.5) is 10.5 Å². The minimum Gasteiger partial charge on any atom is -0.477 e. The maximum Gasteiger partial charge on any atom is 0.419 e. The summed E-state index contributed by atoms with van der Waals surface area (Å²) in [5.41, 5.74) is -1.11. The summed E-state index contributed by atoms with van der Waals surface area (Å²) >= 11 is 0. The summed E-state index contributed by atoms with van der Waals surface area (Å²) in [5, 5.41) is 20.9. The number of nitrogens with zero attached hydrogens (tertiary/aromatic N) is 2. The van der Waals surface area contributed by atoms with E-state index in [4.69, 9.17) is 4.74 Å². The van der Waals surface area contributed by atoms with Crippen LogP contribution in [0.15, 0.2) is 18.2 Å². The van der Waals surface area contributed by atoms with Gasteiger partial charge in [0.2, 0.25) is 0 Å². The van der Waals surface area contributed by atoms with Gasteiger partial charge in [-0.15, -0.1) is 0 Å². The first kappa shape index (κ1) is 16.5. The topological polar surface area (TPSA) is 112 Å². The number of benzene rings is 1. The summed E-state index contributed by atoms with van der Waals surface area (Å²) in [6.07, 6.45) is -0.975. The molecule has 1 aromatic carbocycles. The minimum atomic E-state index is -1.38. The van der Waals surface area contributed by atoms with Crippen molar-refractivity contribution in [2.45, 2.75) is 33.3 Å². The lowest BCUT2D eigenvalue weighted by Crippen LogP contribution is -2.28. The average molecular weight is 320 g/mol. The summed E-state index contributed by atoms with van der Waals surface area (Å²) in [4.78, 5) is 34.5. The first-order valence-corrected chi connectivity index (χ1v) is 6.78. The van der Waals surface area contributed by atoms with E-state index in [1.165, 1.54) is 12.1 Å². The van der Waals surface area contributed by atoms with Gasteiger partial charge in [0.05, 0.1) is 4.92 Å². The third-order valence-electron chi connectivity index (χ3n) is 3.01. The quantitative estimate of drug-likeness (QED) is 0.671. The second-order valence-corrected chi connectivity index (χ2v) is 6.13. The van der Waals surface area contributed by atoms with Gasteiger partial charge < -0.3 is 9.84 Å². The average Bonchev–Trinajstić information content (AvgIpc) is 2.74. The number of aromatic nitrogens is 1. The molecule has 0 amide bonds. The Kier molecular flexibility index (Phi) is 3.85. The SMILES string of the molecule is Cc1cc([N+](=O)[O-])c2c(c1)cc(C(=O)O)n2C(=O)OC(C)(C)C. The van der Waals surface area contributed by atoms with Crippen LogP contribution in [-0.4, -0.2) is 32.3 Å². The van der Waals surface area contributed by atoms with Gasteiger partial charge in [0.1, 0.15) is 16.8 Å². The fourth-order valence-electron chi connectivity index (χ4n) is 2.27. The Bertz CT molecular complexity index is 829. The molecule has 23 heavy (non-hydrogen) atoms. The standard InChI is InChI=1S/C15H16N2O6/c1-8-5-9-7-11(13(18)19)16(14(20)23-15(2,3)4)12(9)10(6-8)17(21)22/h5-7H,1-4H3,(H,18,19). The highest BCUT2D eigenvalue weighted by Crippen LogP contribution is 2.31. The molecule has 2 aromatic rings. The number of ether oxygens (including phenoxy) is 1. The predicted octanol–water partition coefficient (Wildman–Crippen LogP) is 3.34. The Balaban J connectivity index is 2.84. The number of hydrogen-bond acceptors (Lipinski definition) is 5. The Morgan fingerprint density at radius 2 is 1.87 bits per heavy atom. The zero-order valence-electron chi connectivity index (χ0n) is 13.1. The van der Waals surface area contributed by atoms with Crippen molar-refractivity contribution in [2.75, 3.05) is 0 Å². The summed E-state index contributed by atoms with van der Waals surface area (Å²) < 4.78 is 5.92. The van der Waals surface area contributed by atoms with E-state index in [2.05, 4.69) is 0 Å². The van der Waals surface area contributed by atoms with E-state index in [1.54, 1.807) is 33.8 Å². The molecule has 8 nitrogen and oxygen atoms in total. The lowest BCUT2D eigenvalue weighted by molar-refractivity contribution is -0.383. The van der Waals surface area contributed by atoms with E-state index >= 15 is 0 Å². The van der Waals surface area contributed by atoms with Crippen LogP contribution in [-0.2, 0) is 4.74 Å². The molecule has 8 heteroatoms. The van der Waals surface area contributed by atoms with Gasteiger partial charge in [-0.05, 0) is 45.4 Å². The maximum atomic E-state index is 12.4. The van der Waals surface area contributed by atoms with Crippen LogP contribution >= 0.6 is 0 Å². The monoisotopic (exact) mass is 320 g/mol. The first-order chi connectivity index (χ1) is 10.5. The number of carbonyl (C=O) groups excluding carboxylic acids is 1. The van der Waals surface area contributed by atoms with Crippen LogP contribution in [0.1, 0.15) is 36.8 Å². The number of hydrogen-bond donors (Lipinski definition) is 1. The Morgan fingerprint density at radius 1 is 1.26 bits per heavy atom. The van der Waals surface area contributed by atoms with Crippen molar-refractivity contribution in [1.82, 2.24) is 4.57 Å². The van der Waals surface area contributed by atoms with Gasteiger partial charge in [-0.2, -0.15) is 0 Å². The van der Waals surface area contributed by atoms with Crippen LogP contribution in [0.2, 0.25) is 0 Å². The number of fused-ring (bicyclic) bond motifs is 1. The van der Waals surface area contributed by atoms with E-state index in [0.717, 1.165) is 4.57 Å². The smallest absolute Gasteiger partial charge is 0.419 e. The number of nitro groups is 1. The van der Waals surface area contributed by atoms with Crippen molar-refractivity contribution in [3.63, 3.8) is 0 Å². The summed E-state index contributed by atoms with van der Waals surface area (Å²) in [5.74, 6) is -1.38. The van der Waals surface area contributed by atoms with E-state index < -0.39 is 22.6 Å². The second-order valence-electron chi connectivity index (χ2n) is 6.13. The number of non-ortho nitro benzene ring substituents is 1. The van der Waals surface area contributed by atoms with E-state index in [9.17, 15) is 24.8 Å². The van der Waals surface area contributed by atoms with Crippen molar-refractivity contribution >= 4 is 28.7 Å². The van der Waals surface area contributed by atoms with Gasteiger partial charge in [0.25, 0.3) is 5.69 Å². The third kappa shape index (κ3) is 3.15. The second kappa shape index (κ2) is 5.38. The van der Waals surface area contributed by atoms with Gasteiger partial charge in [-0.3, -0.25) is 10.1 Å². The van der Waals surface area contributed by atoms with Gasteiger partial charge in [0.15, 0.2) is 0 Å². The molecule has 122 valence electrons. The Labute approximate surface area is 131 Å². The lowest BCUT2D eigenvalue weighted by Gasteiger charge is -2.20. The van der Waals surface area contributed by atoms with Crippen LogP contribution < -0.4 is 0 Å². The molecular weight excluding hydrogens is 304 g/mol. The fraction of sp³-hybridized carbons (Fsp3) is 0.333. The molecule has 0 radical (unpaired) electrons. The number of aromatic carboxylic acids is 1. The number of carboxylic acids is 1. The summed E-state index contributed by atoms with van der Waals surface area (Å²) in [6.45, 7) is 6.51. The number of aryl methyl sites for hydroxylation is 1. The zero-order valence-corrected chi connectivity index (χ0v) is 13.1. The van der Waals surface area contributed by atoms with Gasteiger partial charge in [-0.1, -0.05) is 0 Å². The molecule has 0 bridgehead atoms. The number of rotatable bonds is 2. The molecule has 1 N–H and O–H groups in total. The first-order valence-electron chi connectivity index (χ1n) is 6.78. The molecule has 0 saturated heterocycles. The molecule has 1 aromatic heterocycles. The van der Waals surface area contributed by atoms with Crippen LogP contribution in [0.5, 0.6) is 0 Å². The van der Waals surface area contributed by atoms with Crippen molar-refractivity contribution in [3.8, 4) is 0 Å². The normalized spacial score (nSPS) is 11.5. The van der Waals surface area contributed by atoms with Crippen LogP contribution in [0.3, 0.4) is 0 Å². The number of carbonyl (C=O) groups is 2. The number of carboxylic acid groups (broad SMARTS) is 1. The molecule has 1 heterocycles. The van der Waals surface area contributed by atoms with Gasteiger partial charge in [0, 0.05) is 11.5 Å². The highest BCUT2D eigenvalue weighted by atomic mass is 16.6. The van der Waals surface area contributed by atoms with E-state index in [1.807, 2.05) is 0 Å². The van der Waals surface area contributed by atoms with Crippen molar-refractivity contribution in [2.24, 2.45) is 0 Å². The Hall–Kier alpha value is -2.90. The third-order valence-corrected chi connectivity index (χ3v) is 3.01. The summed E-state index contributed by atoms with van der Waals surface area (Å²) in [7, 11) is 0. The van der Waals surface area contributed by atoms with E-state index in [-0.39, 0.29) is 16.9 Å². The van der Waals surface area contributed by atoms with Crippen molar-refractivity contribution in [1.29, 1.82) is 0 Å². The van der Waals surface area contributed by atoms with Crippen LogP contribution in [0.25, 0.3) is 10.9 Å². The van der Waals surface area contributed by atoms with Crippen molar-refractivity contribution < 1.29 is 24.4 Å².